The summed E-state index contributed by atoms with van der Waals surface area (Å²) in [6.45, 7) is 8.91. The Morgan fingerprint density at radius 2 is 1.46 bits per heavy atom. The predicted molar refractivity (Wildman–Crippen MR) is 243 cm³/mol. The van der Waals surface area contributed by atoms with Gasteiger partial charge in [-0.05, 0) is 105 Å². The van der Waals surface area contributed by atoms with Gasteiger partial charge in [-0.3, -0.25) is 34.3 Å². The molecule has 14 nitrogen and oxygen atoms in total. The van der Waals surface area contributed by atoms with Gasteiger partial charge in [0.25, 0.3) is 11.8 Å². The highest BCUT2D eigenvalue weighted by molar-refractivity contribution is 6.33. The van der Waals surface area contributed by atoms with Crippen LogP contribution in [0, 0.1) is 5.82 Å². The van der Waals surface area contributed by atoms with Gasteiger partial charge in [0.15, 0.2) is 11.6 Å². The van der Waals surface area contributed by atoms with E-state index in [9.17, 15) is 23.6 Å². The number of nitrogens with zero attached hydrogens (tertiary/aromatic N) is 5. The summed E-state index contributed by atoms with van der Waals surface area (Å²) in [5.41, 5.74) is 4.68. The van der Waals surface area contributed by atoms with Crippen molar-refractivity contribution in [2.45, 2.75) is 50.6 Å². The number of aromatic nitrogens is 2. The van der Waals surface area contributed by atoms with Crippen LogP contribution in [-0.4, -0.2) is 101 Å². The van der Waals surface area contributed by atoms with Gasteiger partial charge < -0.3 is 26.2 Å². The number of carbonyl (C=O) groups excluding carboxylic acids is 4. The van der Waals surface area contributed by atoms with Crippen LogP contribution < -0.4 is 31.5 Å². The van der Waals surface area contributed by atoms with Crippen LogP contribution in [0.25, 0.3) is 0 Å². The monoisotopic (exact) mass is 872 g/mol. The smallest absolute Gasteiger partial charge is 0.255 e. The van der Waals surface area contributed by atoms with Crippen LogP contribution in [0.15, 0.2) is 103 Å². The molecular weight excluding hydrogens is 823 g/mol. The van der Waals surface area contributed by atoms with Crippen molar-refractivity contribution in [1.29, 1.82) is 0 Å². The summed E-state index contributed by atoms with van der Waals surface area (Å²) in [7, 11) is 0. The Morgan fingerprint density at radius 3 is 2.13 bits per heavy atom. The molecule has 5 aromatic rings. The first kappa shape index (κ1) is 43.2. The van der Waals surface area contributed by atoms with Crippen LogP contribution in [-0.2, 0) is 9.59 Å². The molecule has 0 radical (unpaired) electrons. The van der Waals surface area contributed by atoms with E-state index in [2.05, 4.69) is 70.3 Å². The number of benzene rings is 4. The minimum Gasteiger partial charge on any atom is -0.369 e. The number of nitrogens with one attached hydrogen (secondary N) is 5. The fourth-order valence-corrected chi connectivity index (χ4v) is 8.49. The van der Waals surface area contributed by atoms with Crippen molar-refractivity contribution in [3.63, 3.8) is 0 Å². The summed E-state index contributed by atoms with van der Waals surface area (Å²) in [6.07, 6.45) is 3.74. The lowest BCUT2D eigenvalue weighted by Crippen LogP contribution is -2.53. The maximum absolute atomic E-state index is 14.7. The average Bonchev–Trinajstić information content (AvgIpc) is 3.29. The Morgan fingerprint density at radius 1 is 0.810 bits per heavy atom. The molecule has 4 aromatic carbocycles. The molecule has 4 amide bonds. The topological polar surface area (TPSA) is 164 Å². The van der Waals surface area contributed by atoms with E-state index in [1.165, 1.54) is 0 Å². The molecule has 5 N–H and O–H groups in total. The number of anilines is 6. The van der Waals surface area contributed by atoms with Gasteiger partial charge in [0.1, 0.15) is 0 Å². The zero-order valence-corrected chi connectivity index (χ0v) is 35.7. The van der Waals surface area contributed by atoms with Crippen molar-refractivity contribution in [3.8, 4) is 0 Å². The van der Waals surface area contributed by atoms with E-state index in [0.717, 1.165) is 76.1 Å². The third-order valence-corrected chi connectivity index (χ3v) is 12.3. The van der Waals surface area contributed by atoms with E-state index in [-0.39, 0.29) is 47.4 Å². The highest BCUT2D eigenvalue weighted by Crippen LogP contribution is 2.28. The van der Waals surface area contributed by atoms with Gasteiger partial charge in [0.2, 0.25) is 17.8 Å². The number of hydrogen-bond donors (Lipinski definition) is 5. The second-order valence-corrected chi connectivity index (χ2v) is 16.7. The molecule has 0 aliphatic carbocycles. The highest BCUT2D eigenvalue weighted by atomic mass is 35.5. The fraction of sp³-hybridized carbons (Fsp3) is 0.319. The molecule has 63 heavy (non-hydrogen) atoms. The van der Waals surface area contributed by atoms with Gasteiger partial charge in [-0.2, -0.15) is 4.98 Å². The SMILES string of the molecule is CC(CN1CCN(c2ccc(C3CCC(=O)NC3=O)cc2)CC1)N1CCC(NC(=O)c2ccc(Nc3ncc(F)c(Nc4ccc(C(=O)Nc5ccccc5Cl)cc4)n3)cc2)CC1. The maximum atomic E-state index is 14.7. The van der Waals surface area contributed by atoms with Crippen molar-refractivity contribution in [3.05, 3.63) is 131 Å². The highest BCUT2D eigenvalue weighted by Gasteiger charge is 2.29. The van der Waals surface area contributed by atoms with Gasteiger partial charge in [-0.25, -0.2) is 9.37 Å². The van der Waals surface area contributed by atoms with Gasteiger partial charge >= 0.3 is 0 Å². The summed E-state index contributed by atoms with van der Waals surface area (Å²) >= 11 is 6.16. The number of halogens is 2. The van der Waals surface area contributed by atoms with Gasteiger partial charge in [-0.15, -0.1) is 0 Å². The Hall–Kier alpha value is -6.42. The number of piperazine rings is 1. The van der Waals surface area contributed by atoms with Crippen LogP contribution in [0.2, 0.25) is 5.02 Å². The van der Waals surface area contributed by atoms with Crippen molar-refractivity contribution in [2.75, 3.05) is 66.7 Å². The van der Waals surface area contributed by atoms with Crippen LogP contribution in [0.3, 0.4) is 0 Å². The largest absolute Gasteiger partial charge is 0.369 e. The second kappa shape index (κ2) is 19.7. The van der Waals surface area contributed by atoms with Crippen molar-refractivity contribution >= 4 is 69.7 Å². The molecule has 0 spiro atoms. The molecule has 2 atom stereocenters. The van der Waals surface area contributed by atoms with E-state index in [1.807, 2.05) is 12.1 Å². The molecule has 16 heteroatoms. The third-order valence-electron chi connectivity index (χ3n) is 12.0. The van der Waals surface area contributed by atoms with Gasteiger partial charge in [0, 0.05) is 92.5 Å². The minimum absolute atomic E-state index is 0.0513. The van der Waals surface area contributed by atoms with Crippen molar-refractivity contribution in [1.82, 2.24) is 30.4 Å². The van der Waals surface area contributed by atoms with E-state index in [4.69, 9.17) is 11.6 Å². The predicted octanol–water partition coefficient (Wildman–Crippen LogP) is 6.93. The van der Waals surface area contributed by atoms with Crippen LogP contribution in [0.5, 0.6) is 0 Å². The lowest BCUT2D eigenvalue weighted by molar-refractivity contribution is -0.134. The summed E-state index contributed by atoms with van der Waals surface area (Å²) < 4.78 is 14.7. The molecule has 3 aliphatic rings. The number of imide groups is 1. The first-order chi connectivity index (χ1) is 30.5. The molecule has 8 rings (SSSR count). The molecular formula is C47H50ClFN10O4. The quantitative estimate of drug-likeness (QED) is 0.0780. The zero-order chi connectivity index (χ0) is 43.9. The Labute approximate surface area is 370 Å². The van der Waals surface area contributed by atoms with E-state index >= 15 is 0 Å². The summed E-state index contributed by atoms with van der Waals surface area (Å²) in [4.78, 5) is 65.6. The van der Waals surface area contributed by atoms with E-state index < -0.39 is 5.82 Å². The molecule has 3 fully saturated rings. The van der Waals surface area contributed by atoms with E-state index in [1.54, 1.807) is 72.8 Å². The first-order valence-electron chi connectivity index (χ1n) is 21.3. The Kier molecular flexibility index (Phi) is 13.5. The summed E-state index contributed by atoms with van der Waals surface area (Å²) in [5.74, 6) is -1.69. The number of para-hydroxylation sites is 1. The molecule has 1 aromatic heterocycles. The summed E-state index contributed by atoms with van der Waals surface area (Å²) in [5, 5.41) is 14.9. The molecule has 3 aliphatic heterocycles. The molecule has 0 bridgehead atoms. The number of likely N-dealkylation sites (tertiary alicyclic amines) is 1. The number of rotatable bonds is 13. The standard InChI is InChI=1S/C47H50ClFN10O4/c1-30(29-57-24-26-59(27-25-57)37-16-10-31(11-17-37)38-18-19-42(60)55-46(38)63)58-22-20-36(21-23-58)52-44(61)32-8-14-35(15-9-32)53-47-50-28-40(49)43(56-47)51-34-12-6-33(7-13-34)45(62)54-41-5-3-2-4-39(41)48/h2-17,28,30,36,38H,18-27,29H2,1H3,(H,52,61)(H,54,62)(H,55,60,63)(H2,50,51,53,56). The lowest BCUT2D eigenvalue weighted by atomic mass is 9.90. The molecule has 3 saturated heterocycles. The fourth-order valence-electron chi connectivity index (χ4n) is 8.31. The van der Waals surface area contributed by atoms with Crippen molar-refractivity contribution < 1.29 is 23.6 Å². The maximum Gasteiger partial charge on any atom is 0.255 e. The zero-order valence-electron chi connectivity index (χ0n) is 35.0. The second-order valence-electron chi connectivity index (χ2n) is 16.2. The number of amides is 4. The Bertz CT molecular complexity index is 2420. The molecule has 2 unspecified atom stereocenters. The van der Waals surface area contributed by atoms with Gasteiger partial charge in [-0.1, -0.05) is 35.9 Å². The number of carbonyl (C=O) groups is 4. The van der Waals surface area contributed by atoms with Gasteiger partial charge in [0.05, 0.1) is 22.8 Å². The first-order valence-corrected chi connectivity index (χ1v) is 21.7. The molecule has 4 heterocycles. The summed E-state index contributed by atoms with van der Waals surface area (Å²) in [6, 6.07) is 29.1. The lowest BCUT2D eigenvalue weighted by Gasteiger charge is -2.41. The molecule has 0 saturated carbocycles. The van der Waals surface area contributed by atoms with E-state index in [0.29, 0.717) is 52.1 Å². The molecule has 326 valence electrons. The van der Waals surface area contributed by atoms with Crippen LogP contribution in [0.4, 0.5) is 38.9 Å². The third kappa shape index (κ3) is 11.0. The minimum atomic E-state index is -0.655. The average molecular weight is 873 g/mol. The van der Waals surface area contributed by atoms with Crippen molar-refractivity contribution in [2.24, 2.45) is 0 Å². The Balaban J connectivity index is 0.751. The number of piperidine rings is 2. The van der Waals surface area contributed by atoms with Crippen LogP contribution >= 0.6 is 11.6 Å². The van der Waals surface area contributed by atoms with Crippen LogP contribution in [0.1, 0.15) is 64.8 Å². The number of hydrogen-bond acceptors (Lipinski definition) is 11. The normalized spacial score (nSPS) is 18.0.